The highest BCUT2D eigenvalue weighted by Crippen LogP contribution is 2.24. The number of alkyl halides is 1. The van der Waals surface area contributed by atoms with Gasteiger partial charge in [-0.2, -0.15) is 0 Å². The molecular weight excluding hydrogens is 153 g/mol. The summed E-state index contributed by atoms with van der Waals surface area (Å²) in [5.74, 6) is 0.345. The summed E-state index contributed by atoms with van der Waals surface area (Å²) < 4.78 is 13.4. The van der Waals surface area contributed by atoms with Crippen LogP contribution in [0.3, 0.4) is 0 Å². The fourth-order valence-corrected chi connectivity index (χ4v) is 2.00. The lowest BCUT2D eigenvalue weighted by atomic mass is 9.91. The highest BCUT2D eigenvalue weighted by atomic mass is 19.1. The molecule has 0 aromatic heterocycles. The van der Waals surface area contributed by atoms with Gasteiger partial charge in [0.2, 0.25) is 0 Å². The van der Waals surface area contributed by atoms with Crippen LogP contribution in [0.15, 0.2) is 0 Å². The van der Waals surface area contributed by atoms with Gasteiger partial charge < -0.3 is 4.90 Å². The van der Waals surface area contributed by atoms with Crippen molar-refractivity contribution in [3.8, 4) is 0 Å². The fourth-order valence-electron chi connectivity index (χ4n) is 2.00. The Bertz CT molecular complexity index is 127. The molecule has 1 fully saturated rings. The maximum Gasteiger partial charge on any atom is 0.116 e. The van der Waals surface area contributed by atoms with Gasteiger partial charge in [-0.25, -0.2) is 4.39 Å². The van der Waals surface area contributed by atoms with Crippen molar-refractivity contribution in [2.45, 2.75) is 39.3 Å². The Balaban J connectivity index is 2.31. The summed E-state index contributed by atoms with van der Waals surface area (Å²) in [4.78, 5) is 2.21. The maximum atomic E-state index is 13.4. The summed E-state index contributed by atoms with van der Waals surface area (Å²) in [6.45, 7) is 7.01. The van der Waals surface area contributed by atoms with Crippen molar-refractivity contribution < 1.29 is 4.39 Å². The number of hydrogen-bond donors (Lipinski definition) is 0. The summed E-state index contributed by atoms with van der Waals surface area (Å²) in [5, 5.41) is 0. The Hall–Kier alpha value is -0.110. The van der Waals surface area contributed by atoms with E-state index in [9.17, 15) is 4.39 Å². The van der Waals surface area contributed by atoms with E-state index in [1.54, 1.807) is 0 Å². The Morgan fingerprint density at radius 2 is 2.17 bits per heavy atom. The van der Waals surface area contributed by atoms with E-state index in [1.807, 2.05) is 0 Å². The highest BCUT2D eigenvalue weighted by molar-refractivity contribution is 4.79. The highest BCUT2D eigenvalue weighted by Gasteiger charge is 2.27. The first-order chi connectivity index (χ1) is 5.77. The Labute approximate surface area is 74.9 Å². The molecule has 2 atom stereocenters. The SMILES string of the molecule is CCCC1CCN(CC)C[C@@H]1F. The van der Waals surface area contributed by atoms with Crippen LogP contribution in [0.5, 0.6) is 0 Å². The fraction of sp³-hybridized carbons (Fsp3) is 1.00. The molecule has 0 bridgehead atoms. The van der Waals surface area contributed by atoms with Gasteiger partial charge in [0, 0.05) is 6.54 Å². The van der Waals surface area contributed by atoms with Gasteiger partial charge in [0.05, 0.1) is 0 Å². The van der Waals surface area contributed by atoms with Crippen molar-refractivity contribution in [3.63, 3.8) is 0 Å². The third-order valence-electron chi connectivity index (χ3n) is 2.87. The molecule has 0 aliphatic carbocycles. The predicted molar refractivity (Wildman–Crippen MR) is 50.0 cm³/mol. The number of nitrogens with zero attached hydrogens (tertiary/aromatic N) is 1. The number of piperidine rings is 1. The van der Waals surface area contributed by atoms with Crippen LogP contribution in [0, 0.1) is 5.92 Å². The van der Waals surface area contributed by atoms with Crippen LogP contribution < -0.4 is 0 Å². The van der Waals surface area contributed by atoms with Crippen molar-refractivity contribution in [2.75, 3.05) is 19.6 Å². The Kier molecular flexibility index (Phi) is 3.99. The monoisotopic (exact) mass is 173 g/mol. The average Bonchev–Trinajstić information content (AvgIpc) is 2.09. The van der Waals surface area contributed by atoms with Gasteiger partial charge in [-0.15, -0.1) is 0 Å². The van der Waals surface area contributed by atoms with E-state index in [0.29, 0.717) is 12.5 Å². The molecule has 12 heavy (non-hydrogen) atoms. The summed E-state index contributed by atoms with van der Waals surface area (Å²) in [7, 11) is 0. The normalized spacial score (nSPS) is 32.2. The van der Waals surface area contributed by atoms with E-state index >= 15 is 0 Å². The second kappa shape index (κ2) is 4.80. The minimum absolute atomic E-state index is 0.345. The van der Waals surface area contributed by atoms with Crippen LogP contribution in [-0.2, 0) is 0 Å². The van der Waals surface area contributed by atoms with Crippen LogP contribution in [0.25, 0.3) is 0 Å². The van der Waals surface area contributed by atoms with Crippen molar-refractivity contribution in [2.24, 2.45) is 5.92 Å². The molecule has 1 saturated heterocycles. The molecule has 0 radical (unpaired) electrons. The van der Waals surface area contributed by atoms with Gasteiger partial charge in [0.15, 0.2) is 0 Å². The molecule has 1 aliphatic rings. The lowest BCUT2D eigenvalue weighted by Gasteiger charge is -2.33. The molecule has 2 heteroatoms. The topological polar surface area (TPSA) is 3.24 Å². The van der Waals surface area contributed by atoms with Gasteiger partial charge in [0.1, 0.15) is 6.17 Å². The first kappa shape index (κ1) is 9.97. The van der Waals surface area contributed by atoms with Gasteiger partial charge in [-0.3, -0.25) is 0 Å². The van der Waals surface area contributed by atoms with Crippen molar-refractivity contribution in [1.29, 1.82) is 0 Å². The summed E-state index contributed by atoms with van der Waals surface area (Å²) >= 11 is 0. The third-order valence-corrected chi connectivity index (χ3v) is 2.87. The molecule has 0 N–H and O–H groups in total. The molecule has 0 spiro atoms. The molecule has 1 unspecified atom stereocenters. The molecule has 1 aliphatic heterocycles. The quantitative estimate of drug-likeness (QED) is 0.633. The second-order valence-corrected chi connectivity index (χ2v) is 3.75. The molecule has 0 aromatic carbocycles. The second-order valence-electron chi connectivity index (χ2n) is 3.75. The number of rotatable bonds is 3. The minimum atomic E-state index is -0.571. The number of likely N-dealkylation sites (tertiary alicyclic amines) is 1. The molecule has 1 nitrogen and oxygen atoms in total. The first-order valence-electron chi connectivity index (χ1n) is 5.14. The van der Waals surface area contributed by atoms with Crippen molar-refractivity contribution in [3.05, 3.63) is 0 Å². The van der Waals surface area contributed by atoms with E-state index in [-0.39, 0.29) is 0 Å². The lowest BCUT2D eigenvalue weighted by Crippen LogP contribution is -2.41. The van der Waals surface area contributed by atoms with E-state index in [4.69, 9.17) is 0 Å². The number of hydrogen-bond acceptors (Lipinski definition) is 1. The molecule has 72 valence electrons. The molecule has 1 heterocycles. The molecule has 0 amide bonds. The molecular formula is C10H20FN. The zero-order chi connectivity index (χ0) is 8.97. The van der Waals surface area contributed by atoms with Crippen LogP contribution in [-0.4, -0.2) is 30.7 Å². The maximum absolute atomic E-state index is 13.4. The standard InChI is InChI=1S/C10H20FN/c1-3-5-9-6-7-12(4-2)8-10(9)11/h9-10H,3-8H2,1-2H3/t9?,10-/m0/s1. The van der Waals surface area contributed by atoms with Crippen LogP contribution >= 0.6 is 0 Å². The van der Waals surface area contributed by atoms with Gasteiger partial charge in [-0.1, -0.05) is 20.3 Å². The van der Waals surface area contributed by atoms with E-state index in [0.717, 1.165) is 32.4 Å². The van der Waals surface area contributed by atoms with E-state index < -0.39 is 6.17 Å². The van der Waals surface area contributed by atoms with Gasteiger partial charge in [0.25, 0.3) is 0 Å². The summed E-state index contributed by atoms with van der Waals surface area (Å²) in [5.41, 5.74) is 0. The smallest absolute Gasteiger partial charge is 0.116 e. The van der Waals surface area contributed by atoms with Gasteiger partial charge >= 0.3 is 0 Å². The molecule has 1 rings (SSSR count). The number of halogens is 1. The zero-order valence-corrected chi connectivity index (χ0v) is 8.22. The molecule has 0 saturated carbocycles. The van der Waals surface area contributed by atoms with Crippen LogP contribution in [0.4, 0.5) is 4.39 Å². The Morgan fingerprint density at radius 1 is 1.42 bits per heavy atom. The van der Waals surface area contributed by atoms with E-state index in [2.05, 4.69) is 18.7 Å². The largest absolute Gasteiger partial charge is 0.301 e. The van der Waals surface area contributed by atoms with Crippen LogP contribution in [0.2, 0.25) is 0 Å². The Morgan fingerprint density at radius 3 is 2.67 bits per heavy atom. The summed E-state index contributed by atoms with van der Waals surface area (Å²) in [6, 6.07) is 0. The van der Waals surface area contributed by atoms with Crippen molar-refractivity contribution >= 4 is 0 Å². The molecule has 0 aromatic rings. The lowest BCUT2D eigenvalue weighted by molar-refractivity contribution is 0.0836. The van der Waals surface area contributed by atoms with Crippen molar-refractivity contribution in [1.82, 2.24) is 4.90 Å². The summed E-state index contributed by atoms with van der Waals surface area (Å²) in [6.07, 6.45) is 2.68. The third kappa shape index (κ3) is 2.44. The minimum Gasteiger partial charge on any atom is -0.301 e. The van der Waals surface area contributed by atoms with Crippen LogP contribution in [0.1, 0.15) is 33.1 Å². The zero-order valence-electron chi connectivity index (χ0n) is 8.22. The van der Waals surface area contributed by atoms with Gasteiger partial charge in [-0.05, 0) is 31.8 Å². The average molecular weight is 173 g/mol. The first-order valence-corrected chi connectivity index (χ1v) is 5.14. The predicted octanol–water partition coefficient (Wildman–Crippen LogP) is 2.47. The van der Waals surface area contributed by atoms with E-state index in [1.165, 1.54) is 0 Å².